The van der Waals surface area contributed by atoms with E-state index in [1.165, 1.54) is 16.0 Å². The molecule has 1 aliphatic heterocycles. The van der Waals surface area contributed by atoms with Gasteiger partial charge in [-0.2, -0.15) is 0 Å². The third kappa shape index (κ3) is 2.60. The summed E-state index contributed by atoms with van der Waals surface area (Å²) >= 11 is 1.83. The van der Waals surface area contributed by atoms with Gasteiger partial charge in [0, 0.05) is 16.8 Å². The molecule has 0 spiro atoms. The molecule has 2 heterocycles. The maximum absolute atomic E-state index is 5.96. The second-order valence-corrected chi connectivity index (χ2v) is 6.47. The van der Waals surface area contributed by atoms with Crippen LogP contribution in [0.5, 0.6) is 5.75 Å². The standard InChI is InChI=1S/C17H21NOS/c1-3-18-17(15-8-9-20-12(15)2)14-10-13-6-4-5-7-16(13)19-11-14/h4-9,14,17-18H,3,10-11H2,1-2H3. The summed E-state index contributed by atoms with van der Waals surface area (Å²) in [6, 6.07) is 11.1. The van der Waals surface area contributed by atoms with E-state index in [4.69, 9.17) is 4.74 Å². The molecule has 3 rings (SSSR count). The Balaban J connectivity index is 1.85. The molecule has 2 unspecified atom stereocenters. The van der Waals surface area contributed by atoms with E-state index in [1.54, 1.807) is 0 Å². The number of ether oxygens (including phenoxy) is 1. The molecule has 1 aromatic carbocycles. The molecule has 2 nitrogen and oxygen atoms in total. The molecule has 0 radical (unpaired) electrons. The molecule has 2 aromatic rings. The van der Waals surface area contributed by atoms with E-state index >= 15 is 0 Å². The lowest BCUT2D eigenvalue weighted by Gasteiger charge is -2.32. The molecule has 1 N–H and O–H groups in total. The van der Waals surface area contributed by atoms with Crippen molar-refractivity contribution in [1.82, 2.24) is 5.32 Å². The van der Waals surface area contributed by atoms with E-state index in [1.807, 2.05) is 17.4 Å². The van der Waals surface area contributed by atoms with Gasteiger partial charge in [0.2, 0.25) is 0 Å². The van der Waals surface area contributed by atoms with Crippen LogP contribution in [0.4, 0.5) is 0 Å². The van der Waals surface area contributed by atoms with Gasteiger partial charge in [0.05, 0.1) is 6.61 Å². The number of thiophene rings is 1. The SMILES string of the molecule is CCNC(c1ccsc1C)C1COc2ccccc2C1. The van der Waals surface area contributed by atoms with Crippen molar-refractivity contribution in [3.05, 3.63) is 51.7 Å². The lowest BCUT2D eigenvalue weighted by molar-refractivity contribution is 0.185. The molecule has 0 bridgehead atoms. The van der Waals surface area contributed by atoms with Crippen LogP contribution >= 0.6 is 11.3 Å². The number of aryl methyl sites for hydroxylation is 1. The summed E-state index contributed by atoms with van der Waals surface area (Å²) in [4.78, 5) is 1.41. The highest BCUT2D eigenvalue weighted by molar-refractivity contribution is 7.10. The van der Waals surface area contributed by atoms with E-state index in [2.05, 4.69) is 48.8 Å². The minimum Gasteiger partial charge on any atom is -0.493 e. The molecule has 0 fully saturated rings. The Kier molecular flexibility index (Phi) is 4.08. The van der Waals surface area contributed by atoms with Crippen molar-refractivity contribution >= 4 is 11.3 Å². The summed E-state index contributed by atoms with van der Waals surface area (Å²) in [7, 11) is 0. The van der Waals surface area contributed by atoms with Gasteiger partial charge in [-0.1, -0.05) is 25.1 Å². The number of rotatable bonds is 4. The van der Waals surface area contributed by atoms with Crippen LogP contribution in [0.3, 0.4) is 0 Å². The van der Waals surface area contributed by atoms with E-state index in [0.29, 0.717) is 12.0 Å². The molecule has 0 saturated heterocycles. The Labute approximate surface area is 124 Å². The molecular formula is C17H21NOS. The Morgan fingerprint density at radius 2 is 2.20 bits per heavy atom. The zero-order chi connectivity index (χ0) is 13.9. The van der Waals surface area contributed by atoms with Crippen molar-refractivity contribution in [3.63, 3.8) is 0 Å². The number of fused-ring (bicyclic) bond motifs is 1. The molecule has 0 aliphatic carbocycles. The predicted octanol–water partition coefficient (Wildman–Crippen LogP) is 3.96. The van der Waals surface area contributed by atoms with Crippen molar-refractivity contribution in [2.75, 3.05) is 13.2 Å². The Morgan fingerprint density at radius 1 is 1.35 bits per heavy atom. The van der Waals surface area contributed by atoms with Gasteiger partial charge in [-0.05, 0) is 48.5 Å². The fourth-order valence-corrected chi connectivity index (χ4v) is 3.78. The van der Waals surface area contributed by atoms with Crippen LogP contribution in [0, 0.1) is 12.8 Å². The molecule has 1 aliphatic rings. The van der Waals surface area contributed by atoms with Crippen molar-refractivity contribution in [2.45, 2.75) is 26.3 Å². The summed E-state index contributed by atoms with van der Waals surface area (Å²) in [5, 5.41) is 5.84. The van der Waals surface area contributed by atoms with Crippen LogP contribution < -0.4 is 10.1 Å². The smallest absolute Gasteiger partial charge is 0.122 e. The van der Waals surface area contributed by atoms with Gasteiger partial charge in [0.15, 0.2) is 0 Å². The van der Waals surface area contributed by atoms with Gasteiger partial charge in [0.25, 0.3) is 0 Å². The second-order valence-electron chi connectivity index (χ2n) is 5.35. The minimum absolute atomic E-state index is 0.389. The highest BCUT2D eigenvalue weighted by Gasteiger charge is 2.29. The van der Waals surface area contributed by atoms with E-state index < -0.39 is 0 Å². The topological polar surface area (TPSA) is 21.3 Å². The van der Waals surface area contributed by atoms with Crippen LogP contribution in [0.15, 0.2) is 35.7 Å². The maximum atomic E-state index is 5.96. The largest absolute Gasteiger partial charge is 0.493 e. The molecule has 106 valence electrons. The molecule has 3 heteroatoms. The minimum atomic E-state index is 0.389. The molecule has 2 atom stereocenters. The van der Waals surface area contributed by atoms with Gasteiger partial charge in [-0.3, -0.25) is 0 Å². The van der Waals surface area contributed by atoms with Gasteiger partial charge in [-0.25, -0.2) is 0 Å². The predicted molar refractivity (Wildman–Crippen MR) is 84.6 cm³/mol. The number of para-hydroxylation sites is 1. The molecule has 1 aromatic heterocycles. The quantitative estimate of drug-likeness (QED) is 0.919. The fourth-order valence-electron chi connectivity index (χ4n) is 3.03. The van der Waals surface area contributed by atoms with Crippen LogP contribution in [0.25, 0.3) is 0 Å². The van der Waals surface area contributed by atoms with Gasteiger partial charge < -0.3 is 10.1 Å². The van der Waals surface area contributed by atoms with Crippen molar-refractivity contribution in [3.8, 4) is 5.75 Å². The van der Waals surface area contributed by atoms with E-state index in [0.717, 1.165) is 25.3 Å². The summed E-state index contributed by atoms with van der Waals surface area (Å²) in [5.41, 5.74) is 2.77. The normalized spacial score (nSPS) is 19.2. The summed E-state index contributed by atoms with van der Waals surface area (Å²) < 4.78 is 5.96. The summed E-state index contributed by atoms with van der Waals surface area (Å²) in [6.45, 7) is 6.16. The molecule has 0 saturated carbocycles. The first-order valence-corrected chi connectivity index (χ1v) is 8.15. The summed E-state index contributed by atoms with van der Waals surface area (Å²) in [6.07, 6.45) is 1.09. The average Bonchev–Trinajstić information content (AvgIpc) is 2.90. The highest BCUT2D eigenvalue weighted by atomic mass is 32.1. The summed E-state index contributed by atoms with van der Waals surface area (Å²) in [5.74, 6) is 1.55. The lowest BCUT2D eigenvalue weighted by atomic mass is 9.86. The highest BCUT2D eigenvalue weighted by Crippen LogP contribution is 2.35. The van der Waals surface area contributed by atoms with Gasteiger partial charge >= 0.3 is 0 Å². The number of benzene rings is 1. The Hall–Kier alpha value is -1.32. The first-order chi connectivity index (χ1) is 9.79. The second kappa shape index (κ2) is 5.98. The molecule has 20 heavy (non-hydrogen) atoms. The third-order valence-corrected chi connectivity index (χ3v) is 4.90. The fraction of sp³-hybridized carbons (Fsp3) is 0.412. The van der Waals surface area contributed by atoms with Crippen molar-refractivity contribution in [1.29, 1.82) is 0 Å². The maximum Gasteiger partial charge on any atom is 0.122 e. The first-order valence-electron chi connectivity index (χ1n) is 7.27. The van der Waals surface area contributed by atoms with Crippen LogP contribution in [-0.2, 0) is 6.42 Å². The Bertz CT molecular complexity index is 578. The number of nitrogens with one attached hydrogen (secondary N) is 1. The van der Waals surface area contributed by atoms with Crippen LogP contribution in [0.2, 0.25) is 0 Å². The number of hydrogen-bond acceptors (Lipinski definition) is 3. The monoisotopic (exact) mass is 287 g/mol. The number of hydrogen-bond donors (Lipinski definition) is 1. The zero-order valence-electron chi connectivity index (χ0n) is 12.1. The van der Waals surface area contributed by atoms with Gasteiger partial charge in [-0.15, -0.1) is 11.3 Å². The van der Waals surface area contributed by atoms with Gasteiger partial charge in [0.1, 0.15) is 5.75 Å². The van der Waals surface area contributed by atoms with Crippen molar-refractivity contribution in [2.24, 2.45) is 5.92 Å². The lowest BCUT2D eigenvalue weighted by Crippen LogP contribution is -2.35. The van der Waals surface area contributed by atoms with Crippen molar-refractivity contribution < 1.29 is 4.74 Å². The van der Waals surface area contributed by atoms with Crippen LogP contribution in [0.1, 0.15) is 29.0 Å². The first kappa shape index (κ1) is 13.7. The van der Waals surface area contributed by atoms with E-state index in [9.17, 15) is 0 Å². The molecule has 0 amide bonds. The van der Waals surface area contributed by atoms with E-state index in [-0.39, 0.29) is 0 Å². The molecular weight excluding hydrogens is 266 g/mol. The Morgan fingerprint density at radius 3 is 2.95 bits per heavy atom. The average molecular weight is 287 g/mol. The zero-order valence-corrected chi connectivity index (χ0v) is 12.9. The third-order valence-electron chi connectivity index (χ3n) is 4.04. The van der Waals surface area contributed by atoms with Crippen LogP contribution in [-0.4, -0.2) is 13.2 Å².